The van der Waals surface area contributed by atoms with Crippen molar-refractivity contribution in [3.63, 3.8) is 0 Å². The van der Waals surface area contributed by atoms with Crippen LogP contribution in [-0.2, 0) is 16.1 Å². The van der Waals surface area contributed by atoms with Crippen molar-refractivity contribution in [3.8, 4) is 0 Å². The van der Waals surface area contributed by atoms with E-state index in [1.807, 2.05) is 41.3 Å². The molecule has 1 spiro atoms. The number of benzene rings is 2. The zero-order chi connectivity index (χ0) is 20.3. The fourth-order valence-corrected chi connectivity index (χ4v) is 4.61. The van der Waals surface area contributed by atoms with E-state index in [-0.39, 0.29) is 17.2 Å². The molecule has 2 aliphatic heterocycles. The molecule has 29 heavy (non-hydrogen) atoms. The number of nitrogens with zero attached hydrogens (tertiary/aromatic N) is 2. The van der Waals surface area contributed by atoms with E-state index in [2.05, 4.69) is 12.1 Å². The van der Waals surface area contributed by atoms with E-state index in [0.717, 1.165) is 31.4 Å². The minimum Gasteiger partial charge on any atom is -0.378 e. The van der Waals surface area contributed by atoms with Crippen molar-refractivity contribution >= 4 is 11.8 Å². The summed E-state index contributed by atoms with van der Waals surface area (Å²) in [5.41, 5.74) is 1.86. The zero-order valence-electron chi connectivity index (χ0n) is 16.7. The van der Waals surface area contributed by atoms with E-state index in [1.165, 1.54) is 0 Å². The first-order valence-corrected chi connectivity index (χ1v) is 10.4. The van der Waals surface area contributed by atoms with Crippen molar-refractivity contribution in [1.29, 1.82) is 0 Å². The number of hydrogen-bond acceptors (Lipinski definition) is 3. The maximum absolute atomic E-state index is 12.7. The van der Waals surface area contributed by atoms with E-state index >= 15 is 0 Å². The van der Waals surface area contributed by atoms with Crippen molar-refractivity contribution < 1.29 is 14.7 Å². The number of amides is 2. The van der Waals surface area contributed by atoms with Crippen LogP contribution >= 0.6 is 0 Å². The lowest BCUT2D eigenvalue weighted by atomic mass is 9.72. The van der Waals surface area contributed by atoms with Crippen LogP contribution in [0.5, 0.6) is 0 Å². The lowest BCUT2D eigenvalue weighted by Crippen LogP contribution is -2.52. The highest BCUT2D eigenvalue weighted by atomic mass is 16.3. The number of carbonyl (C=O) groups is 2. The fraction of sp³-hybridized carbons (Fsp3) is 0.417. The molecule has 0 saturated carbocycles. The third kappa shape index (κ3) is 4.35. The van der Waals surface area contributed by atoms with Crippen molar-refractivity contribution in [2.75, 3.05) is 19.6 Å². The van der Waals surface area contributed by atoms with Gasteiger partial charge in [0.15, 0.2) is 6.10 Å². The van der Waals surface area contributed by atoms with Gasteiger partial charge < -0.3 is 14.9 Å². The summed E-state index contributed by atoms with van der Waals surface area (Å²) >= 11 is 0. The van der Waals surface area contributed by atoms with E-state index in [0.29, 0.717) is 31.6 Å². The van der Waals surface area contributed by atoms with Gasteiger partial charge in [0, 0.05) is 32.6 Å². The second-order valence-corrected chi connectivity index (χ2v) is 8.37. The molecule has 0 aromatic heterocycles. The highest BCUT2D eigenvalue weighted by Crippen LogP contribution is 2.41. The van der Waals surface area contributed by atoms with E-state index in [9.17, 15) is 14.7 Å². The van der Waals surface area contributed by atoms with Crippen molar-refractivity contribution in [2.24, 2.45) is 5.41 Å². The Kier molecular flexibility index (Phi) is 5.67. The first kappa shape index (κ1) is 19.6. The Hall–Kier alpha value is -2.66. The van der Waals surface area contributed by atoms with Gasteiger partial charge in [-0.25, -0.2) is 0 Å². The van der Waals surface area contributed by atoms with E-state index in [1.54, 1.807) is 17.0 Å². The Balaban J connectivity index is 1.37. The third-order valence-electron chi connectivity index (χ3n) is 6.45. The molecule has 152 valence electrons. The zero-order valence-corrected chi connectivity index (χ0v) is 16.7. The SMILES string of the molecule is O=C1CCC2(CCN(C(=O)C(O)c3ccccc3)CC2)CN1Cc1ccccc1. The maximum atomic E-state index is 12.7. The van der Waals surface area contributed by atoms with Crippen LogP contribution in [0, 0.1) is 5.41 Å². The average Bonchev–Trinajstić information content (AvgIpc) is 2.77. The van der Waals surface area contributed by atoms with Gasteiger partial charge >= 0.3 is 0 Å². The number of aliphatic hydroxyl groups is 1. The van der Waals surface area contributed by atoms with E-state index in [4.69, 9.17) is 0 Å². The number of hydrogen-bond donors (Lipinski definition) is 1. The number of carbonyl (C=O) groups excluding carboxylic acids is 2. The lowest BCUT2D eigenvalue weighted by molar-refractivity contribution is -0.147. The summed E-state index contributed by atoms with van der Waals surface area (Å²) < 4.78 is 0. The fourth-order valence-electron chi connectivity index (χ4n) is 4.61. The van der Waals surface area contributed by atoms with Crippen LogP contribution in [-0.4, -0.2) is 46.4 Å². The Morgan fingerprint density at radius 2 is 1.59 bits per heavy atom. The Bertz CT molecular complexity index is 845. The van der Waals surface area contributed by atoms with Crippen LogP contribution in [0.4, 0.5) is 0 Å². The van der Waals surface area contributed by atoms with Gasteiger partial charge in [0.25, 0.3) is 5.91 Å². The molecular formula is C24H28N2O3. The Morgan fingerprint density at radius 3 is 2.24 bits per heavy atom. The summed E-state index contributed by atoms with van der Waals surface area (Å²) in [6, 6.07) is 19.2. The van der Waals surface area contributed by atoms with Crippen molar-refractivity contribution in [3.05, 3.63) is 71.8 Å². The highest BCUT2D eigenvalue weighted by molar-refractivity contribution is 5.82. The minimum atomic E-state index is -1.10. The van der Waals surface area contributed by atoms with Crippen LogP contribution in [0.3, 0.4) is 0 Å². The minimum absolute atomic E-state index is 0.0805. The number of rotatable bonds is 4. The smallest absolute Gasteiger partial charge is 0.256 e. The van der Waals surface area contributed by atoms with Crippen molar-refractivity contribution in [1.82, 2.24) is 9.80 Å². The summed E-state index contributed by atoms with van der Waals surface area (Å²) in [4.78, 5) is 29.0. The molecule has 2 aromatic rings. The molecule has 2 heterocycles. The van der Waals surface area contributed by atoms with Crippen molar-refractivity contribution in [2.45, 2.75) is 38.3 Å². The molecule has 4 rings (SSSR count). The molecule has 1 N–H and O–H groups in total. The molecule has 2 aromatic carbocycles. The van der Waals surface area contributed by atoms with Gasteiger partial charge in [-0.2, -0.15) is 0 Å². The lowest BCUT2D eigenvalue weighted by Gasteiger charge is -2.47. The predicted octanol–water partition coefficient (Wildman–Crippen LogP) is 3.15. The van der Waals surface area contributed by atoms with Crippen LogP contribution in [0.15, 0.2) is 60.7 Å². The molecule has 1 atom stereocenters. The topological polar surface area (TPSA) is 60.9 Å². The van der Waals surface area contributed by atoms with Gasteiger partial charge in [-0.3, -0.25) is 9.59 Å². The number of piperidine rings is 2. The van der Waals surface area contributed by atoms with Gasteiger partial charge in [-0.1, -0.05) is 60.7 Å². The number of aliphatic hydroxyl groups excluding tert-OH is 1. The monoisotopic (exact) mass is 392 g/mol. The van der Waals surface area contributed by atoms with Crippen LogP contribution in [0.2, 0.25) is 0 Å². The molecule has 2 saturated heterocycles. The Labute approximate surface area is 171 Å². The molecule has 1 unspecified atom stereocenters. The molecular weight excluding hydrogens is 364 g/mol. The average molecular weight is 392 g/mol. The van der Waals surface area contributed by atoms with Crippen LogP contribution < -0.4 is 0 Å². The summed E-state index contributed by atoms with van der Waals surface area (Å²) in [5.74, 6) is -0.00318. The normalized spacial score (nSPS) is 20.0. The first-order valence-electron chi connectivity index (χ1n) is 10.4. The molecule has 0 bridgehead atoms. The molecule has 0 aliphatic carbocycles. The van der Waals surface area contributed by atoms with Gasteiger partial charge in [-0.05, 0) is 35.8 Å². The summed E-state index contributed by atoms with van der Waals surface area (Å²) in [5, 5.41) is 10.4. The summed E-state index contributed by atoms with van der Waals surface area (Å²) in [7, 11) is 0. The molecule has 0 radical (unpaired) electrons. The largest absolute Gasteiger partial charge is 0.378 e. The van der Waals surface area contributed by atoms with Crippen LogP contribution in [0.1, 0.15) is 42.9 Å². The molecule has 5 nitrogen and oxygen atoms in total. The van der Waals surface area contributed by atoms with E-state index < -0.39 is 6.10 Å². The summed E-state index contributed by atoms with van der Waals surface area (Å²) in [6.45, 7) is 2.67. The Morgan fingerprint density at radius 1 is 0.966 bits per heavy atom. The molecule has 2 amide bonds. The summed E-state index contributed by atoms with van der Waals surface area (Å²) in [6.07, 6.45) is 2.11. The van der Waals surface area contributed by atoms with Crippen LogP contribution in [0.25, 0.3) is 0 Å². The first-order chi connectivity index (χ1) is 14.1. The second-order valence-electron chi connectivity index (χ2n) is 8.37. The quantitative estimate of drug-likeness (QED) is 0.870. The molecule has 5 heteroatoms. The molecule has 2 aliphatic rings. The van der Waals surface area contributed by atoms with Gasteiger partial charge in [-0.15, -0.1) is 0 Å². The van der Waals surface area contributed by atoms with Gasteiger partial charge in [0.2, 0.25) is 5.91 Å². The highest BCUT2D eigenvalue weighted by Gasteiger charge is 2.42. The maximum Gasteiger partial charge on any atom is 0.256 e. The second kappa shape index (κ2) is 8.37. The van der Waals surface area contributed by atoms with Gasteiger partial charge in [0.1, 0.15) is 0 Å². The standard InChI is InChI=1S/C24H28N2O3/c27-21-11-12-24(18-26(21)17-19-7-3-1-4-8-19)13-15-25(16-14-24)23(29)22(28)20-9-5-2-6-10-20/h1-10,22,28H,11-18H2. The number of likely N-dealkylation sites (tertiary alicyclic amines) is 2. The molecule has 2 fully saturated rings. The van der Waals surface area contributed by atoms with Gasteiger partial charge in [0.05, 0.1) is 0 Å². The third-order valence-corrected chi connectivity index (χ3v) is 6.45. The predicted molar refractivity (Wildman–Crippen MR) is 111 cm³/mol.